The quantitative estimate of drug-likeness (QED) is 0.206. The second-order valence-electron chi connectivity index (χ2n) is 9.97. The molecule has 1 saturated heterocycles. The van der Waals surface area contributed by atoms with Crippen LogP contribution in [0.5, 0.6) is 11.5 Å². The van der Waals surface area contributed by atoms with Gasteiger partial charge in [-0.15, -0.1) is 13.2 Å². The molecule has 1 amide bonds. The van der Waals surface area contributed by atoms with Gasteiger partial charge >= 0.3 is 12.5 Å². The number of amides is 1. The Morgan fingerprint density at radius 3 is 2.51 bits per heavy atom. The summed E-state index contributed by atoms with van der Waals surface area (Å²) in [5.74, 6) is 0.325. The molecule has 1 aliphatic heterocycles. The van der Waals surface area contributed by atoms with Gasteiger partial charge in [-0.2, -0.15) is 5.26 Å². The van der Waals surface area contributed by atoms with E-state index in [9.17, 15) is 23.2 Å². The molecule has 1 N–H and O–H groups in total. The molecule has 0 aliphatic carbocycles. The maximum absolute atomic E-state index is 12.5. The second kappa shape index (κ2) is 12.8. The first-order chi connectivity index (χ1) is 20.7. The minimum Gasteiger partial charge on any atom is -0.488 e. The Morgan fingerprint density at radius 2 is 1.79 bits per heavy atom. The Kier molecular flexibility index (Phi) is 8.71. The predicted octanol–water partition coefficient (Wildman–Crippen LogP) is 7.58. The Hall–Kier alpha value is -5.17. The van der Waals surface area contributed by atoms with E-state index in [1.807, 2.05) is 49.4 Å². The second-order valence-corrected chi connectivity index (χ2v) is 9.97. The van der Waals surface area contributed by atoms with E-state index in [1.54, 1.807) is 35.2 Å². The van der Waals surface area contributed by atoms with Gasteiger partial charge in [-0.05, 0) is 65.1 Å². The monoisotopic (exact) mass is 587 g/mol. The molecule has 0 saturated carbocycles. The van der Waals surface area contributed by atoms with Crippen LogP contribution in [-0.4, -0.2) is 30.5 Å². The lowest BCUT2D eigenvalue weighted by molar-refractivity contribution is -0.274. The molecule has 43 heavy (non-hydrogen) atoms. The number of nitriles is 1. The average molecular weight is 588 g/mol. The first-order valence-electron chi connectivity index (χ1n) is 13.5. The molecule has 1 fully saturated rings. The van der Waals surface area contributed by atoms with Crippen LogP contribution in [0, 0.1) is 18.3 Å². The Bertz CT molecular complexity index is 1650. The molecule has 1 heterocycles. The predicted molar refractivity (Wildman–Crippen MR) is 154 cm³/mol. The number of anilines is 1. The standard InChI is InChI=1S/C33H28F3N3O4/c1-22-26(6-3-7-30(22)25-9-12-29(13-10-25)43-33(34,35)36)19-38-28-11-8-27(20-39-14-15-41-32(39)40)31(17-28)42-21-24-5-2-4-23(16-24)18-37/h2-13,16-17,38H,14-15,19-21H2,1H3. The van der Waals surface area contributed by atoms with Gasteiger partial charge in [0.15, 0.2) is 0 Å². The van der Waals surface area contributed by atoms with E-state index < -0.39 is 6.36 Å². The van der Waals surface area contributed by atoms with Gasteiger partial charge in [0.05, 0.1) is 24.7 Å². The van der Waals surface area contributed by atoms with Crippen molar-refractivity contribution in [2.45, 2.75) is 33.0 Å². The highest BCUT2D eigenvalue weighted by Gasteiger charge is 2.31. The van der Waals surface area contributed by atoms with Gasteiger partial charge in [0.1, 0.15) is 24.7 Å². The lowest BCUT2D eigenvalue weighted by Gasteiger charge is -2.19. The summed E-state index contributed by atoms with van der Waals surface area (Å²) in [7, 11) is 0. The SMILES string of the molecule is Cc1c(CNc2ccc(CN3CCOC3=O)c(OCc3cccc(C#N)c3)c2)cccc1-c1ccc(OC(F)(F)F)cc1. The van der Waals surface area contributed by atoms with Gasteiger partial charge in [0.2, 0.25) is 0 Å². The van der Waals surface area contributed by atoms with Crippen molar-refractivity contribution in [3.8, 4) is 28.7 Å². The molecule has 0 aromatic heterocycles. The number of hydrogen-bond donors (Lipinski definition) is 1. The van der Waals surface area contributed by atoms with E-state index in [0.717, 1.165) is 39.1 Å². The number of nitrogens with zero attached hydrogens (tertiary/aromatic N) is 2. The van der Waals surface area contributed by atoms with Crippen LogP contribution < -0.4 is 14.8 Å². The Morgan fingerprint density at radius 1 is 1.00 bits per heavy atom. The zero-order valence-corrected chi connectivity index (χ0v) is 23.3. The minimum absolute atomic E-state index is 0.240. The number of benzene rings is 4. The van der Waals surface area contributed by atoms with Gasteiger partial charge in [0, 0.05) is 23.9 Å². The summed E-state index contributed by atoms with van der Waals surface area (Å²) in [6.07, 6.45) is -5.11. The summed E-state index contributed by atoms with van der Waals surface area (Å²) < 4.78 is 52.9. The summed E-state index contributed by atoms with van der Waals surface area (Å²) in [5.41, 5.74) is 6.66. The number of hydrogen-bond acceptors (Lipinski definition) is 6. The van der Waals surface area contributed by atoms with Gasteiger partial charge in [-0.1, -0.05) is 48.5 Å². The molecular weight excluding hydrogens is 559 g/mol. The van der Waals surface area contributed by atoms with E-state index in [2.05, 4.69) is 16.1 Å². The molecule has 0 radical (unpaired) electrons. The highest BCUT2D eigenvalue weighted by Crippen LogP contribution is 2.31. The zero-order chi connectivity index (χ0) is 30.4. The van der Waals surface area contributed by atoms with Crippen molar-refractivity contribution < 1.29 is 32.2 Å². The first-order valence-corrected chi connectivity index (χ1v) is 13.5. The molecule has 7 nitrogen and oxygen atoms in total. The van der Waals surface area contributed by atoms with E-state index in [1.165, 1.54) is 12.1 Å². The lowest BCUT2D eigenvalue weighted by atomic mass is 9.96. The van der Waals surface area contributed by atoms with Crippen LogP contribution in [0.1, 0.15) is 27.8 Å². The van der Waals surface area contributed by atoms with Crippen LogP contribution in [-0.2, 0) is 24.4 Å². The van der Waals surface area contributed by atoms with Crippen molar-refractivity contribution in [1.29, 1.82) is 5.26 Å². The van der Waals surface area contributed by atoms with Crippen LogP contribution in [0.3, 0.4) is 0 Å². The number of ether oxygens (including phenoxy) is 3. The largest absolute Gasteiger partial charge is 0.573 e. The molecule has 0 spiro atoms. The van der Waals surface area contributed by atoms with E-state index >= 15 is 0 Å². The maximum atomic E-state index is 12.5. The fourth-order valence-corrected chi connectivity index (χ4v) is 4.82. The summed E-state index contributed by atoms with van der Waals surface area (Å²) in [6, 6.07) is 26.6. The fourth-order valence-electron chi connectivity index (χ4n) is 4.82. The number of cyclic esters (lactones) is 1. The highest BCUT2D eigenvalue weighted by atomic mass is 19.4. The molecule has 0 unspecified atom stereocenters. The third kappa shape index (κ3) is 7.57. The van der Waals surface area contributed by atoms with Gasteiger partial charge in [-0.25, -0.2) is 4.79 Å². The lowest BCUT2D eigenvalue weighted by Crippen LogP contribution is -2.23. The number of rotatable bonds is 10. The summed E-state index contributed by atoms with van der Waals surface area (Å²) in [4.78, 5) is 13.7. The smallest absolute Gasteiger partial charge is 0.488 e. The number of nitrogens with one attached hydrogen (secondary N) is 1. The molecule has 4 aromatic rings. The molecular formula is C33H28F3N3O4. The van der Waals surface area contributed by atoms with Crippen molar-refractivity contribution in [3.05, 3.63) is 113 Å². The zero-order valence-electron chi connectivity index (χ0n) is 23.3. The van der Waals surface area contributed by atoms with Crippen molar-refractivity contribution in [3.63, 3.8) is 0 Å². The Balaban J connectivity index is 1.32. The van der Waals surface area contributed by atoms with Crippen LogP contribution in [0.2, 0.25) is 0 Å². The summed E-state index contributed by atoms with van der Waals surface area (Å²) in [6.45, 7) is 3.87. The van der Waals surface area contributed by atoms with Gasteiger partial charge in [0.25, 0.3) is 0 Å². The van der Waals surface area contributed by atoms with E-state index in [-0.39, 0.29) is 18.4 Å². The Labute approximate surface area is 247 Å². The van der Waals surface area contributed by atoms with Crippen molar-refractivity contribution in [2.75, 3.05) is 18.5 Å². The third-order valence-corrected chi connectivity index (χ3v) is 7.05. The van der Waals surface area contributed by atoms with Crippen molar-refractivity contribution in [1.82, 2.24) is 4.90 Å². The highest BCUT2D eigenvalue weighted by molar-refractivity contribution is 5.70. The van der Waals surface area contributed by atoms with Crippen molar-refractivity contribution in [2.24, 2.45) is 0 Å². The van der Waals surface area contributed by atoms with Crippen LogP contribution in [0.4, 0.5) is 23.7 Å². The molecule has 10 heteroatoms. The normalized spacial score (nSPS) is 12.9. The fraction of sp³-hybridized carbons (Fsp3) is 0.212. The van der Waals surface area contributed by atoms with Gasteiger partial charge in [-0.3, -0.25) is 0 Å². The average Bonchev–Trinajstić information content (AvgIpc) is 3.40. The topological polar surface area (TPSA) is 83.8 Å². The summed E-state index contributed by atoms with van der Waals surface area (Å²) in [5, 5.41) is 12.7. The number of alkyl halides is 3. The molecule has 220 valence electrons. The molecule has 0 atom stereocenters. The molecule has 0 bridgehead atoms. The maximum Gasteiger partial charge on any atom is 0.573 e. The number of carbonyl (C=O) groups is 1. The van der Waals surface area contributed by atoms with Crippen LogP contribution in [0.25, 0.3) is 11.1 Å². The van der Waals surface area contributed by atoms with Crippen LogP contribution >= 0.6 is 0 Å². The van der Waals surface area contributed by atoms with Crippen molar-refractivity contribution >= 4 is 11.8 Å². The van der Waals surface area contributed by atoms with E-state index in [0.29, 0.717) is 37.6 Å². The number of halogens is 3. The number of carbonyl (C=O) groups excluding carboxylic acids is 1. The third-order valence-electron chi connectivity index (χ3n) is 7.05. The molecule has 1 aliphatic rings. The summed E-state index contributed by atoms with van der Waals surface area (Å²) >= 11 is 0. The van der Waals surface area contributed by atoms with E-state index in [4.69, 9.17) is 9.47 Å². The molecule has 4 aromatic carbocycles. The van der Waals surface area contributed by atoms with Gasteiger partial charge < -0.3 is 24.4 Å². The minimum atomic E-state index is -4.74. The first kappa shape index (κ1) is 29.3. The van der Waals surface area contributed by atoms with Crippen LogP contribution in [0.15, 0.2) is 84.9 Å². The molecule has 5 rings (SSSR count).